The second kappa shape index (κ2) is 6.46. The van der Waals surface area contributed by atoms with E-state index in [0.29, 0.717) is 12.8 Å². The molecule has 0 aromatic rings. The SMILES string of the molecule is CC(CCC1(NC(=O)OC(C)(C)C)CCCC1)C(=O)O. The Bertz CT molecular complexity index is 353. The Morgan fingerprint density at radius 1 is 1.30 bits per heavy atom. The molecule has 5 nitrogen and oxygen atoms in total. The molecule has 0 bridgehead atoms. The van der Waals surface area contributed by atoms with Crippen molar-refractivity contribution in [2.24, 2.45) is 5.92 Å². The summed E-state index contributed by atoms with van der Waals surface area (Å²) in [6.07, 6.45) is 4.80. The summed E-state index contributed by atoms with van der Waals surface area (Å²) in [6.45, 7) is 7.21. The summed E-state index contributed by atoms with van der Waals surface area (Å²) in [5.41, 5.74) is -0.801. The number of carboxylic acids is 1. The third kappa shape index (κ3) is 5.39. The lowest BCUT2D eigenvalue weighted by atomic mass is 9.88. The number of hydrogen-bond acceptors (Lipinski definition) is 3. The molecular weight excluding hydrogens is 258 g/mol. The van der Waals surface area contributed by atoms with Gasteiger partial charge >= 0.3 is 12.1 Å². The lowest BCUT2D eigenvalue weighted by molar-refractivity contribution is -0.141. The lowest BCUT2D eigenvalue weighted by Crippen LogP contribution is -2.48. The number of nitrogens with one attached hydrogen (secondary N) is 1. The Hall–Kier alpha value is -1.26. The smallest absolute Gasteiger partial charge is 0.408 e. The standard InChI is InChI=1S/C15H27NO4/c1-11(12(17)18)7-10-15(8-5-6-9-15)16-13(19)20-14(2,3)4/h11H,5-10H2,1-4H3,(H,16,19)(H,17,18). The maximum Gasteiger partial charge on any atom is 0.408 e. The van der Waals surface area contributed by atoms with Gasteiger partial charge < -0.3 is 15.2 Å². The van der Waals surface area contributed by atoms with Crippen LogP contribution in [0.15, 0.2) is 0 Å². The Labute approximate surface area is 121 Å². The van der Waals surface area contributed by atoms with E-state index in [1.54, 1.807) is 6.92 Å². The van der Waals surface area contributed by atoms with Gasteiger partial charge in [0.2, 0.25) is 0 Å². The maximum atomic E-state index is 11.9. The number of ether oxygens (including phenoxy) is 1. The first-order chi connectivity index (χ1) is 9.14. The molecule has 0 radical (unpaired) electrons. The highest BCUT2D eigenvalue weighted by molar-refractivity contribution is 5.70. The normalized spacial score (nSPS) is 19.4. The highest BCUT2D eigenvalue weighted by Gasteiger charge is 2.37. The number of aliphatic carboxylic acids is 1. The Morgan fingerprint density at radius 2 is 1.85 bits per heavy atom. The molecule has 0 aromatic heterocycles. The van der Waals surface area contributed by atoms with E-state index in [4.69, 9.17) is 9.84 Å². The predicted octanol–water partition coefficient (Wildman–Crippen LogP) is 3.32. The van der Waals surface area contributed by atoms with Crippen LogP contribution in [-0.2, 0) is 9.53 Å². The molecule has 1 aliphatic rings. The molecule has 0 spiro atoms. The van der Waals surface area contributed by atoms with Crippen molar-refractivity contribution in [1.82, 2.24) is 5.32 Å². The van der Waals surface area contributed by atoms with E-state index in [1.807, 2.05) is 20.8 Å². The fourth-order valence-corrected chi connectivity index (χ4v) is 2.63. The van der Waals surface area contributed by atoms with Crippen molar-refractivity contribution in [1.29, 1.82) is 0 Å². The zero-order valence-corrected chi connectivity index (χ0v) is 13.0. The molecule has 0 heterocycles. The van der Waals surface area contributed by atoms with Crippen molar-refractivity contribution >= 4 is 12.1 Å². The molecule has 116 valence electrons. The van der Waals surface area contributed by atoms with Crippen LogP contribution < -0.4 is 5.32 Å². The maximum absolute atomic E-state index is 11.9. The molecule has 0 aromatic carbocycles. The average Bonchev–Trinajstić information content (AvgIpc) is 2.72. The topological polar surface area (TPSA) is 75.6 Å². The fraction of sp³-hybridized carbons (Fsp3) is 0.867. The molecular formula is C15H27NO4. The third-order valence-corrected chi connectivity index (χ3v) is 3.80. The Balaban J connectivity index is 2.58. The summed E-state index contributed by atoms with van der Waals surface area (Å²) in [4.78, 5) is 22.9. The van der Waals surface area contributed by atoms with Crippen molar-refractivity contribution < 1.29 is 19.4 Å². The molecule has 1 fully saturated rings. The van der Waals surface area contributed by atoms with E-state index < -0.39 is 17.7 Å². The highest BCUT2D eigenvalue weighted by atomic mass is 16.6. The number of carbonyl (C=O) groups is 2. The van der Waals surface area contributed by atoms with E-state index in [0.717, 1.165) is 25.7 Å². The molecule has 2 N–H and O–H groups in total. The number of carbonyl (C=O) groups excluding carboxylic acids is 1. The molecule has 1 unspecified atom stereocenters. The van der Waals surface area contributed by atoms with Crippen LogP contribution in [0.25, 0.3) is 0 Å². The van der Waals surface area contributed by atoms with Crippen molar-refractivity contribution in [3.63, 3.8) is 0 Å². The van der Waals surface area contributed by atoms with Crippen molar-refractivity contribution in [3.05, 3.63) is 0 Å². The number of rotatable bonds is 5. The second-order valence-corrected chi connectivity index (χ2v) is 6.89. The Morgan fingerprint density at radius 3 is 2.30 bits per heavy atom. The minimum Gasteiger partial charge on any atom is -0.481 e. The van der Waals surface area contributed by atoms with Gasteiger partial charge in [0, 0.05) is 5.54 Å². The molecule has 20 heavy (non-hydrogen) atoms. The summed E-state index contributed by atoms with van der Waals surface area (Å²) >= 11 is 0. The minimum atomic E-state index is -0.782. The summed E-state index contributed by atoms with van der Waals surface area (Å²) < 4.78 is 5.31. The second-order valence-electron chi connectivity index (χ2n) is 6.89. The van der Waals surface area contributed by atoms with Gasteiger partial charge in [0.05, 0.1) is 5.92 Å². The van der Waals surface area contributed by atoms with Crippen molar-refractivity contribution in [2.45, 2.75) is 77.4 Å². The minimum absolute atomic E-state index is 0.286. The van der Waals surface area contributed by atoms with Gasteiger partial charge in [0.25, 0.3) is 0 Å². The third-order valence-electron chi connectivity index (χ3n) is 3.80. The van der Waals surface area contributed by atoms with E-state index in [9.17, 15) is 9.59 Å². The van der Waals surface area contributed by atoms with E-state index >= 15 is 0 Å². The van der Waals surface area contributed by atoms with Crippen LogP contribution >= 0.6 is 0 Å². The van der Waals surface area contributed by atoms with Crippen LogP contribution in [0.1, 0.15) is 66.2 Å². The lowest BCUT2D eigenvalue weighted by Gasteiger charge is -2.32. The summed E-state index contributed by atoms with van der Waals surface area (Å²) in [7, 11) is 0. The van der Waals surface area contributed by atoms with Gasteiger partial charge in [0.15, 0.2) is 0 Å². The predicted molar refractivity (Wildman–Crippen MR) is 76.6 cm³/mol. The molecule has 1 saturated carbocycles. The number of amides is 1. The zero-order chi connectivity index (χ0) is 15.4. The molecule has 1 atom stereocenters. The van der Waals surface area contributed by atoms with E-state index in [-0.39, 0.29) is 11.5 Å². The first kappa shape index (κ1) is 16.8. The number of alkyl carbamates (subject to hydrolysis) is 1. The Kier molecular flexibility index (Phi) is 5.42. The van der Waals surface area contributed by atoms with Gasteiger partial charge in [0.1, 0.15) is 5.60 Å². The van der Waals surface area contributed by atoms with Gasteiger partial charge in [-0.2, -0.15) is 0 Å². The molecule has 1 aliphatic carbocycles. The largest absolute Gasteiger partial charge is 0.481 e. The van der Waals surface area contributed by atoms with Crippen LogP contribution in [0, 0.1) is 5.92 Å². The van der Waals surface area contributed by atoms with Crippen LogP contribution in [-0.4, -0.2) is 28.3 Å². The van der Waals surface area contributed by atoms with Crippen LogP contribution in [0.3, 0.4) is 0 Å². The van der Waals surface area contributed by atoms with Gasteiger partial charge in [-0.25, -0.2) is 4.79 Å². The van der Waals surface area contributed by atoms with Crippen molar-refractivity contribution in [2.75, 3.05) is 0 Å². The molecule has 1 amide bonds. The van der Waals surface area contributed by atoms with Gasteiger partial charge in [-0.1, -0.05) is 19.8 Å². The summed E-state index contributed by atoms with van der Waals surface area (Å²) in [5.74, 6) is -1.16. The van der Waals surface area contributed by atoms with Gasteiger partial charge in [-0.05, 0) is 46.5 Å². The number of hydrogen-bond donors (Lipinski definition) is 2. The van der Waals surface area contributed by atoms with Crippen LogP contribution in [0.5, 0.6) is 0 Å². The molecule has 5 heteroatoms. The molecule has 1 rings (SSSR count). The van der Waals surface area contributed by atoms with Gasteiger partial charge in [-0.15, -0.1) is 0 Å². The van der Waals surface area contributed by atoms with Gasteiger partial charge in [-0.3, -0.25) is 4.79 Å². The number of carboxylic acid groups (broad SMARTS) is 1. The molecule has 0 aliphatic heterocycles. The van der Waals surface area contributed by atoms with E-state index in [2.05, 4.69) is 5.32 Å². The van der Waals surface area contributed by atoms with Crippen LogP contribution in [0.4, 0.5) is 4.79 Å². The van der Waals surface area contributed by atoms with Crippen molar-refractivity contribution in [3.8, 4) is 0 Å². The quantitative estimate of drug-likeness (QED) is 0.812. The highest BCUT2D eigenvalue weighted by Crippen LogP contribution is 2.35. The summed E-state index contributed by atoms with van der Waals surface area (Å²) in [6, 6.07) is 0. The average molecular weight is 285 g/mol. The monoisotopic (exact) mass is 285 g/mol. The summed E-state index contributed by atoms with van der Waals surface area (Å²) in [5, 5.41) is 12.0. The zero-order valence-electron chi connectivity index (χ0n) is 13.0. The van der Waals surface area contributed by atoms with Crippen LogP contribution in [0.2, 0.25) is 0 Å². The first-order valence-electron chi connectivity index (χ1n) is 7.38. The first-order valence-corrected chi connectivity index (χ1v) is 7.38. The molecule has 0 saturated heterocycles. The fourth-order valence-electron chi connectivity index (χ4n) is 2.63. The van der Waals surface area contributed by atoms with E-state index in [1.165, 1.54) is 0 Å².